The third-order valence-corrected chi connectivity index (χ3v) is 4.27. The van der Waals surface area contributed by atoms with Crippen LogP contribution >= 0.6 is 0 Å². The van der Waals surface area contributed by atoms with E-state index in [2.05, 4.69) is 9.82 Å². The van der Waals surface area contributed by atoms with Crippen LogP contribution in [0.2, 0.25) is 0 Å². The molecule has 1 aromatic carbocycles. The molecule has 2 aromatic rings. The summed E-state index contributed by atoms with van der Waals surface area (Å²) in [6, 6.07) is 6.50. The standard InChI is InChI=1S/C13H13FN4O2S/c1-18-7-5-11(17-18)4-6-16-21(19,20)12-2-3-13(14)10(8-12)9-15/h2-3,5,7-8,16H,4,6H2,1H3. The number of halogens is 1. The van der Waals surface area contributed by atoms with Crippen LogP contribution in [0.5, 0.6) is 0 Å². The third kappa shape index (κ3) is 3.65. The first-order chi connectivity index (χ1) is 9.92. The second kappa shape index (κ2) is 6.03. The van der Waals surface area contributed by atoms with Crippen molar-refractivity contribution in [2.45, 2.75) is 11.3 Å². The van der Waals surface area contributed by atoms with Crippen molar-refractivity contribution in [1.82, 2.24) is 14.5 Å². The normalized spacial score (nSPS) is 11.3. The lowest BCUT2D eigenvalue weighted by atomic mass is 10.2. The van der Waals surface area contributed by atoms with E-state index in [1.165, 1.54) is 0 Å². The molecule has 0 radical (unpaired) electrons. The lowest BCUT2D eigenvalue weighted by molar-refractivity contribution is 0.580. The van der Waals surface area contributed by atoms with Crippen LogP contribution in [0.15, 0.2) is 35.4 Å². The molecule has 8 heteroatoms. The molecule has 0 aliphatic rings. The van der Waals surface area contributed by atoms with Gasteiger partial charge in [-0.15, -0.1) is 0 Å². The molecule has 0 unspecified atom stereocenters. The summed E-state index contributed by atoms with van der Waals surface area (Å²) in [5.41, 5.74) is 0.458. The van der Waals surface area contributed by atoms with Crippen LogP contribution in [0.25, 0.3) is 0 Å². The predicted octanol–water partition coefficient (Wildman–Crippen LogP) is 0.952. The zero-order chi connectivity index (χ0) is 15.5. The van der Waals surface area contributed by atoms with Gasteiger partial charge in [0.25, 0.3) is 0 Å². The van der Waals surface area contributed by atoms with Crippen LogP contribution in [0.4, 0.5) is 4.39 Å². The average Bonchev–Trinajstić information content (AvgIpc) is 2.84. The smallest absolute Gasteiger partial charge is 0.240 e. The van der Waals surface area contributed by atoms with Gasteiger partial charge >= 0.3 is 0 Å². The number of benzene rings is 1. The highest BCUT2D eigenvalue weighted by Crippen LogP contribution is 2.14. The highest BCUT2D eigenvalue weighted by Gasteiger charge is 2.16. The fourth-order valence-electron chi connectivity index (χ4n) is 1.75. The zero-order valence-electron chi connectivity index (χ0n) is 11.2. The number of nitrogens with zero attached hydrogens (tertiary/aromatic N) is 3. The van der Waals surface area contributed by atoms with E-state index in [1.54, 1.807) is 30.1 Å². The number of rotatable bonds is 5. The highest BCUT2D eigenvalue weighted by molar-refractivity contribution is 7.89. The molecule has 21 heavy (non-hydrogen) atoms. The minimum atomic E-state index is -3.78. The topological polar surface area (TPSA) is 87.8 Å². The number of aryl methyl sites for hydroxylation is 1. The molecule has 0 amide bonds. The van der Waals surface area contributed by atoms with Crippen LogP contribution in [0.1, 0.15) is 11.3 Å². The molecule has 0 saturated carbocycles. The molecule has 0 aliphatic heterocycles. The van der Waals surface area contributed by atoms with E-state index < -0.39 is 15.8 Å². The van der Waals surface area contributed by atoms with Crippen LogP contribution in [-0.4, -0.2) is 24.7 Å². The summed E-state index contributed by atoms with van der Waals surface area (Å²) >= 11 is 0. The number of nitriles is 1. The van der Waals surface area contributed by atoms with E-state index in [1.807, 2.05) is 0 Å². The van der Waals surface area contributed by atoms with E-state index in [4.69, 9.17) is 5.26 Å². The lowest BCUT2D eigenvalue weighted by Gasteiger charge is -2.06. The van der Waals surface area contributed by atoms with Gasteiger partial charge in [0.1, 0.15) is 11.9 Å². The Balaban J connectivity index is 2.06. The van der Waals surface area contributed by atoms with Gasteiger partial charge in [-0.1, -0.05) is 0 Å². The quantitative estimate of drug-likeness (QED) is 0.891. The second-order valence-corrected chi connectivity index (χ2v) is 6.15. The van der Waals surface area contributed by atoms with Crippen molar-refractivity contribution in [2.24, 2.45) is 7.05 Å². The van der Waals surface area contributed by atoms with Gasteiger partial charge in [0, 0.05) is 26.2 Å². The van der Waals surface area contributed by atoms with Gasteiger partial charge < -0.3 is 0 Å². The van der Waals surface area contributed by atoms with Crippen molar-refractivity contribution in [2.75, 3.05) is 6.54 Å². The number of aromatic nitrogens is 2. The van der Waals surface area contributed by atoms with Gasteiger partial charge in [0.2, 0.25) is 10.0 Å². The summed E-state index contributed by atoms with van der Waals surface area (Å²) in [5, 5.41) is 12.9. The van der Waals surface area contributed by atoms with Crippen LogP contribution < -0.4 is 4.72 Å². The summed E-state index contributed by atoms with van der Waals surface area (Å²) in [6.45, 7) is 0.165. The van der Waals surface area contributed by atoms with Gasteiger partial charge in [0.05, 0.1) is 16.2 Å². The van der Waals surface area contributed by atoms with E-state index in [-0.39, 0.29) is 17.0 Å². The fourth-order valence-corrected chi connectivity index (χ4v) is 2.81. The van der Waals surface area contributed by atoms with E-state index >= 15 is 0 Å². The van der Waals surface area contributed by atoms with Gasteiger partial charge in [-0.05, 0) is 24.3 Å². The maximum Gasteiger partial charge on any atom is 0.240 e. The van der Waals surface area contributed by atoms with E-state index in [0.717, 1.165) is 23.9 Å². The number of hydrogen-bond acceptors (Lipinski definition) is 4. The van der Waals surface area contributed by atoms with Crippen molar-refractivity contribution in [3.05, 3.63) is 47.5 Å². The number of nitrogens with one attached hydrogen (secondary N) is 1. The van der Waals surface area contributed by atoms with Crippen molar-refractivity contribution in [1.29, 1.82) is 5.26 Å². The largest absolute Gasteiger partial charge is 0.276 e. The first-order valence-electron chi connectivity index (χ1n) is 6.10. The Labute approximate surface area is 121 Å². The zero-order valence-corrected chi connectivity index (χ0v) is 12.1. The Morgan fingerprint density at radius 3 is 2.81 bits per heavy atom. The predicted molar refractivity (Wildman–Crippen MR) is 73.2 cm³/mol. The summed E-state index contributed by atoms with van der Waals surface area (Å²) in [5.74, 6) is -0.745. The highest BCUT2D eigenvalue weighted by atomic mass is 32.2. The minimum absolute atomic E-state index is 0.138. The molecule has 1 N–H and O–H groups in total. The maximum atomic E-state index is 13.2. The van der Waals surface area contributed by atoms with Crippen molar-refractivity contribution in [3.63, 3.8) is 0 Å². The summed E-state index contributed by atoms with van der Waals surface area (Å²) in [6.07, 6.45) is 2.20. The Morgan fingerprint density at radius 2 is 2.19 bits per heavy atom. The summed E-state index contributed by atoms with van der Waals surface area (Å²) < 4.78 is 41.3. The van der Waals surface area contributed by atoms with Gasteiger partial charge in [-0.2, -0.15) is 10.4 Å². The van der Waals surface area contributed by atoms with Crippen molar-refractivity contribution >= 4 is 10.0 Å². The molecule has 0 aliphatic carbocycles. The van der Waals surface area contributed by atoms with Crippen LogP contribution in [0, 0.1) is 17.1 Å². The molecule has 0 saturated heterocycles. The monoisotopic (exact) mass is 308 g/mol. The second-order valence-electron chi connectivity index (χ2n) is 4.38. The Morgan fingerprint density at radius 1 is 1.43 bits per heavy atom. The van der Waals surface area contributed by atoms with Gasteiger partial charge in [0.15, 0.2) is 0 Å². The first kappa shape index (κ1) is 15.2. The summed E-state index contributed by atoms with van der Waals surface area (Å²) in [4.78, 5) is -0.138. The molecule has 2 rings (SSSR count). The Bertz CT molecular complexity index is 793. The van der Waals surface area contributed by atoms with Crippen molar-refractivity contribution in [3.8, 4) is 6.07 Å². The molecule has 0 bridgehead atoms. The molecule has 6 nitrogen and oxygen atoms in total. The molecule has 1 aromatic heterocycles. The summed E-state index contributed by atoms with van der Waals surface area (Å²) in [7, 11) is -2.00. The average molecular weight is 308 g/mol. The van der Waals surface area contributed by atoms with E-state index in [9.17, 15) is 12.8 Å². The van der Waals surface area contributed by atoms with E-state index in [0.29, 0.717) is 6.42 Å². The Kier molecular flexibility index (Phi) is 4.35. The number of hydrogen-bond donors (Lipinski definition) is 1. The molecule has 0 spiro atoms. The van der Waals surface area contributed by atoms with Crippen LogP contribution in [0.3, 0.4) is 0 Å². The maximum absolute atomic E-state index is 13.2. The molecule has 0 fully saturated rings. The van der Waals surface area contributed by atoms with Gasteiger partial charge in [-0.3, -0.25) is 4.68 Å². The van der Waals surface area contributed by atoms with Gasteiger partial charge in [-0.25, -0.2) is 17.5 Å². The Hall–Kier alpha value is -2.24. The molecular formula is C13H13FN4O2S. The lowest BCUT2D eigenvalue weighted by Crippen LogP contribution is -2.26. The molecule has 1 heterocycles. The third-order valence-electron chi connectivity index (χ3n) is 2.81. The molecular weight excluding hydrogens is 295 g/mol. The minimum Gasteiger partial charge on any atom is -0.276 e. The number of sulfonamides is 1. The first-order valence-corrected chi connectivity index (χ1v) is 7.58. The SMILES string of the molecule is Cn1ccc(CCNS(=O)(=O)c2ccc(F)c(C#N)c2)n1. The fraction of sp³-hybridized carbons (Fsp3) is 0.231. The van der Waals surface area contributed by atoms with Crippen LogP contribution in [-0.2, 0) is 23.5 Å². The molecule has 0 atom stereocenters. The van der Waals surface area contributed by atoms with Crippen molar-refractivity contribution < 1.29 is 12.8 Å². The molecule has 110 valence electrons.